The first-order valence-corrected chi connectivity index (χ1v) is 13.7. The van der Waals surface area contributed by atoms with Crippen molar-refractivity contribution in [3.05, 3.63) is 23.2 Å². The Hall–Kier alpha value is -2.32. The van der Waals surface area contributed by atoms with Crippen molar-refractivity contribution in [1.29, 1.82) is 0 Å². The molecule has 1 unspecified atom stereocenters. The second-order valence-electron chi connectivity index (χ2n) is 9.56. The Bertz CT molecular complexity index is 936. The lowest BCUT2D eigenvalue weighted by Gasteiger charge is -2.23. The summed E-state index contributed by atoms with van der Waals surface area (Å²) in [6.07, 6.45) is 10.8. The Morgan fingerprint density at radius 1 is 0.971 bits per heavy atom. The third-order valence-corrected chi connectivity index (χ3v) is 7.17. The highest BCUT2D eigenvalue weighted by Gasteiger charge is 2.23. The average molecular weight is 502 g/mol. The van der Waals surface area contributed by atoms with Gasteiger partial charge in [-0.25, -0.2) is 0 Å². The lowest BCUT2D eigenvalue weighted by molar-refractivity contribution is 0.277. The van der Waals surface area contributed by atoms with Crippen molar-refractivity contribution in [3.8, 4) is 5.75 Å². The van der Waals surface area contributed by atoms with E-state index in [0.717, 1.165) is 38.0 Å². The monoisotopic (exact) mass is 501 g/mol. The van der Waals surface area contributed by atoms with Gasteiger partial charge in [0.1, 0.15) is 5.75 Å². The van der Waals surface area contributed by atoms with E-state index in [1.807, 2.05) is 18.2 Å². The number of halogens is 1. The van der Waals surface area contributed by atoms with Crippen LogP contribution in [-0.4, -0.2) is 58.2 Å². The van der Waals surface area contributed by atoms with Gasteiger partial charge in [-0.3, -0.25) is 4.90 Å². The maximum Gasteiger partial charge on any atom is 0.233 e. The average Bonchev–Trinajstić information content (AvgIpc) is 3.16. The summed E-state index contributed by atoms with van der Waals surface area (Å²) in [5.74, 6) is 2.39. The van der Waals surface area contributed by atoms with Gasteiger partial charge in [0.05, 0.1) is 11.6 Å². The molecule has 4 rings (SSSR count). The fourth-order valence-electron chi connectivity index (χ4n) is 4.97. The fraction of sp³-hybridized carbons (Fsp3) is 0.654. The number of ether oxygens (including phenoxy) is 1. The number of anilines is 4. The zero-order chi connectivity index (χ0) is 24.5. The zero-order valence-corrected chi connectivity index (χ0v) is 21.9. The molecule has 3 N–H and O–H groups in total. The Balaban J connectivity index is 1.50. The largest absolute Gasteiger partial charge is 0.492 e. The summed E-state index contributed by atoms with van der Waals surface area (Å²) in [4.78, 5) is 16.6. The molecule has 35 heavy (non-hydrogen) atoms. The van der Waals surface area contributed by atoms with Crippen LogP contribution in [-0.2, 0) is 0 Å². The van der Waals surface area contributed by atoms with E-state index in [9.17, 15) is 0 Å². The first-order chi connectivity index (χ1) is 17.1. The van der Waals surface area contributed by atoms with Crippen LogP contribution in [0.5, 0.6) is 5.75 Å². The SMILES string of the molecule is CCCOc1ccc(Nc2nc(NCC3CCCN3CC)nc(NC3CCCCCC3)n2)cc1Cl. The van der Waals surface area contributed by atoms with Crippen molar-refractivity contribution in [2.45, 2.75) is 83.7 Å². The third-order valence-electron chi connectivity index (χ3n) is 6.87. The van der Waals surface area contributed by atoms with Gasteiger partial charge >= 0.3 is 0 Å². The molecule has 0 bridgehead atoms. The lowest BCUT2D eigenvalue weighted by atomic mass is 10.1. The molecule has 2 fully saturated rings. The molecule has 0 spiro atoms. The van der Waals surface area contributed by atoms with E-state index in [1.165, 1.54) is 45.1 Å². The summed E-state index contributed by atoms with van der Waals surface area (Å²) in [5, 5.41) is 10.9. The van der Waals surface area contributed by atoms with Crippen molar-refractivity contribution in [2.75, 3.05) is 42.2 Å². The second kappa shape index (κ2) is 13.1. The highest BCUT2D eigenvalue weighted by atomic mass is 35.5. The number of benzene rings is 1. The summed E-state index contributed by atoms with van der Waals surface area (Å²) in [7, 11) is 0. The van der Waals surface area contributed by atoms with Crippen LogP contribution in [0.1, 0.15) is 71.6 Å². The van der Waals surface area contributed by atoms with Crippen LogP contribution in [0.15, 0.2) is 18.2 Å². The lowest BCUT2D eigenvalue weighted by Crippen LogP contribution is -2.35. The summed E-state index contributed by atoms with van der Waals surface area (Å²) >= 11 is 6.44. The number of likely N-dealkylation sites (tertiary alicyclic amines) is 1. The summed E-state index contributed by atoms with van der Waals surface area (Å²) < 4.78 is 5.70. The van der Waals surface area contributed by atoms with E-state index in [4.69, 9.17) is 26.3 Å². The highest BCUT2D eigenvalue weighted by molar-refractivity contribution is 6.32. The molecular weight excluding hydrogens is 462 g/mol. The molecule has 1 atom stereocenters. The Morgan fingerprint density at radius 3 is 2.49 bits per heavy atom. The molecule has 1 aliphatic heterocycles. The predicted molar refractivity (Wildman–Crippen MR) is 144 cm³/mol. The Labute approximate surface area is 214 Å². The quantitative estimate of drug-likeness (QED) is 0.319. The van der Waals surface area contributed by atoms with Gasteiger partial charge in [-0.1, -0.05) is 51.1 Å². The number of nitrogens with one attached hydrogen (secondary N) is 3. The van der Waals surface area contributed by atoms with Crippen LogP contribution < -0.4 is 20.7 Å². The van der Waals surface area contributed by atoms with Crippen molar-refractivity contribution in [2.24, 2.45) is 0 Å². The van der Waals surface area contributed by atoms with Crippen LogP contribution in [0.25, 0.3) is 0 Å². The van der Waals surface area contributed by atoms with Crippen LogP contribution >= 0.6 is 11.6 Å². The van der Waals surface area contributed by atoms with Crippen molar-refractivity contribution in [3.63, 3.8) is 0 Å². The van der Waals surface area contributed by atoms with Crippen LogP contribution in [0.2, 0.25) is 5.02 Å². The molecule has 192 valence electrons. The van der Waals surface area contributed by atoms with E-state index >= 15 is 0 Å². The molecule has 2 heterocycles. The minimum absolute atomic E-state index is 0.399. The number of rotatable bonds is 11. The van der Waals surface area contributed by atoms with Gasteiger partial charge in [-0.2, -0.15) is 15.0 Å². The van der Waals surface area contributed by atoms with E-state index in [1.54, 1.807) is 0 Å². The minimum atomic E-state index is 0.399. The van der Waals surface area contributed by atoms with Gasteiger partial charge in [-0.05, 0) is 63.4 Å². The number of nitrogens with zero attached hydrogens (tertiary/aromatic N) is 4. The van der Waals surface area contributed by atoms with Gasteiger partial charge < -0.3 is 20.7 Å². The van der Waals surface area contributed by atoms with Crippen molar-refractivity contribution >= 4 is 35.1 Å². The Kier molecular flexibility index (Phi) is 9.66. The van der Waals surface area contributed by atoms with Crippen LogP contribution in [0, 0.1) is 0 Å². The van der Waals surface area contributed by atoms with E-state index in [-0.39, 0.29) is 0 Å². The van der Waals surface area contributed by atoms with Gasteiger partial charge in [0.15, 0.2) is 0 Å². The molecule has 0 amide bonds. The number of hydrogen-bond acceptors (Lipinski definition) is 8. The van der Waals surface area contributed by atoms with E-state index in [2.05, 4.69) is 39.7 Å². The molecule has 1 aliphatic carbocycles. The standard InChI is InChI=1S/C26H40ClN7O/c1-3-16-35-23-14-13-20(17-22(23)27)30-26-32-24(28-18-21-12-9-15-34(21)4-2)31-25(33-26)29-19-10-7-5-6-8-11-19/h13-14,17,19,21H,3-12,15-16,18H2,1-2H3,(H3,28,29,30,31,32,33). The maximum atomic E-state index is 6.44. The van der Waals surface area contributed by atoms with Gasteiger partial charge in [0.2, 0.25) is 17.8 Å². The molecule has 1 saturated heterocycles. The van der Waals surface area contributed by atoms with Crippen LogP contribution in [0.3, 0.4) is 0 Å². The number of aromatic nitrogens is 3. The number of hydrogen-bond donors (Lipinski definition) is 3. The smallest absolute Gasteiger partial charge is 0.233 e. The van der Waals surface area contributed by atoms with Crippen molar-refractivity contribution in [1.82, 2.24) is 19.9 Å². The second-order valence-corrected chi connectivity index (χ2v) is 9.97. The molecule has 2 aromatic rings. The van der Waals surface area contributed by atoms with Crippen molar-refractivity contribution < 1.29 is 4.74 Å². The summed E-state index contributed by atoms with van der Waals surface area (Å²) in [6.45, 7) is 8.01. The minimum Gasteiger partial charge on any atom is -0.492 e. The molecule has 1 saturated carbocycles. The van der Waals surface area contributed by atoms with Gasteiger partial charge in [-0.15, -0.1) is 0 Å². The summed E-state index contributed by atoms with van der Waals surface area (Å²) in [5.41, 5.74) is 0.810. The summed E-state index contributed by atoms with van der Waals surface area (Å²) in [6, 6.07) is 6.57. The third kappa shape index (κ3) is 7.58. The molecular formula is C26H40ClN7O. The molecule has 1 aromatic heterocycles. The fourth-order valence-corrected chi connectivity index (χ4v) is 5.21. The first kappa shape index (κ1) is 25.8. The first-order valence-electron chi connectivity index (χ1n) is 13.3. The van der Waals surface area contributed by atoms with Gasteiger partial charge in [0.25, 0.3) is 0 Å². The van der Waals surface area contributed by atoms with E-state index < -0.39 is 0 Å². The number of likely N-dealkylation sites (N-methyl/N-ethyl adjacent to an activating group) is 1. The maximum absolute atomic E-state index is 6.44. The molecule has 2 aliphatic rings. The normalized spacial score (nSPS) is 19.3. The van der Waals surface area contributed by atoms with E-state index in [0.29, 0.717) is 47.3 Å². The predicted octanol–water partition coefficient (Wildman–Crippen LogP) is 6.09. The molecule has 0 radical (unpaired) electrons. The zero-order valence-electron chi connectivity index (χ0n) is 21.2. The van der Waals surface area contributed by atoms with Gasteiger partial charge in [0, 0.05) is 24.3 Å². The highest BCUT2D eigenvalue weighted by Crippen LogP contribution is 2.29. The van der Waals surface area contributed by atoms with Crippen LogP contribution in [0.4, 0.5) is 23.5 Å². The Morgan fingerprint density at radius 2 is 1.74 bits per heavy atom. The molecule has 8 nitrogen and oxygen atoms in total. The molecule has 1 aromatic carbocycles. The topological polar surface area (TPSA) is 87.2 Å². The molecule has 9 heteroatoms.